The number of aromatic hydroxyl groups is 1. The minimum absolute atomic E-state index is 0.203. The minimum atomic E-state index is -4.85. The van der Waals surface area contributed by atoms with Gasteiger partial charge in [0.1, 0.15) is 22.0 Å². The van der Waals surface area contributed by atoms with Crippen molar-refractivity contribution in [3.05, 3.63) is 39.8 Å². The second kappa shape index (κ2) is 5.23. The lowest BCUT2D eigenvalue weighted by atomic mass is 10.2. The van der Waals surface area contributed by atoms with Crippen LogP contribution in [-0.2, 0) is 6.18 Å². The van der Waals surface area contributed by atoms with Gasteiger partial charge in [-0.15, -0.1) is 11.3 Å². The molecule has 0 bridgehead atoms. The lowest BCUT2D eigenvalue weighted by Gasteiger charge is -2.12. The van der Waals surface area contributed by atoms with Crippen molar-refractivity contribution in [2.24, 2.45) is 0 Å². The van der Waals surface area contributed by atoms with Gasteiger partial charge in [0, 0.05) is 12.3 Å². The molecule has 0 saturated carbocycles. The third-order valence-corrected chi connectivity index (χ3v) is 3.86. The zero-order valence-electron chi connectivity index (χ0n) is 11.5. The van der Waals surface area contributed by atoms with Gasteiger partial charge in [0.2, 0.25) is 5.88 Å². The Balaban J connectivity index is 2.42. The lowest BCUT2D eigenvalue weighted by Crippen LogP contribution is -2.24. The van der Waals surface area contributed by atoms with Crippen molar-refractivity contribution in [3.8, 4) is 22.2 Å². The van der Waals surface area contributed by atoms with Crippen LogP contribution in [0.4, 0.5) is 13.2 Å². The van der Waals surface area contributed by atoms with Crippen molar-refractivity contribution in [2.75, 3.05) is 7.11 Å². The first kappa shape index (κ1) is 15.3. The molecule has 120 valence electrons. The molecule has 3 heterocycles. The van der Waals surface area contributed by atoms with E-state index in [1.54, 1.807) is 0 Å². The van der Waals surface area contributed by atoms with E-state index in [9.17, 15) is 23.1 Å². The topological polar surface area (TPSA) is 76.7 Å². The van der Waals surface area contributed by atoms with Crippen LogP contribution in [0.15, 0.2) is 28.5 Å². The average molecular weight is 343 g/mol. The molecule has 0 saturated heterocycles. The van der Waals surface area contributed by atoms with Gasteiger partial charge >= 0.3 is 6.18 Å². The lowest BCUT2D eigenvalue weighted by molar-refractivity contribution is -0.140. The van der Waals surface area contributed by atoms with Crippen LogP contribution in [0.25, 0.3) is 16.2 Å². The van der Waals surface area contributed by atoms with Gasteiger partial charge in [0.05, 0.1) is 12.5 Å². The van der Waals surface area contributed by atoms with Crippen LogP contribution < -0.4 is 10.3 Å². The predicted octanol–water partition coefficient (Wildman–Crippen LogP) is 2.55. The van der Waals surface area contributed by atoms with Crippen LogP contribution in [0.3, 0.4) is 0 Å². The van der Waals surface area contributed by atoms with Crippen LogP contribution in [0, 0.1) is 0 Å². The molecule has 0 aliphatic carbocycles. The molecule has 0 amide bonds. The summed E-state index contributed by atoms with van der Waals surface area (Å²) in [5, 5.41) is 10.1. The van der Waals surface area contributed by atoms with Crippen molar-refractivity contribution in [1.29, 1.82) is 0 Å². The molecule has 3 aromatic heterocycles. The zero-order valence-corrected chi connectivity index (χ0v) is 12.3. The highest BCUT2D eigenvalue weighted by Gasteiger charge is 2.39. The van der Waals surface area contributed by atoms with E-state index in [0.717, 1.165) is 21.1 Å². The van der Waals surface area contributed by atoms with Gasteiger partial charge in [-0.1, -0.05) is 0 Å². The normalized spacial score (nSPS) is 11.8. The fourth-order valence-electron chi connectivity index (χ4n) is 2.02. The summed E-state index contributed by atoms with van der Waals surface area (Å²) in [6, 6.07) is 2.65. The maximum Gasteiger partial charge on any atom is 0.434 e. The molecule has 0 fully saturated rings. The minimum Gasteiger partial charge on any atom is -0.497 e. The maximum atomic E-state index is 13.3. The van der Waals surface area contributed by atoms with Gasteiger partial charge in [-0.25, -0.2) is 9.97 Å². The third-order valence-electron chi connectivity index (χ3n) is 3.01. The fraction of sp³-hybridized carbons (Fsp3) is 0.154. The average Bonchev–Trinajstić information content (AvgIpc) is 2.91. The standard InChI is InChI=1S/C13H8F3N3O3S/c1-22-6-2-3-19-7(4-6)17-10(13(14,15)16)9(12(19)21)11-18-8(20)5-23-11/h2-5,20H,1H3. The first-order chi connectivity index (χ1) is 10.8. The molecule has 0 aliphatic heterocycles. The van der Waals surface area contributed by atoms with Crippen LogP contribution in [0.5, 0.6) is 11.6 Å². The van der Waals surface area contributed by atoms with Crippen LogP contribution in [0.2, 0.25) is 0 Å². The van der Waals surface area contributed by atoms with Gasteiger partial charge in [0.15, 0.2) is 5.69 Å². The highest BCUT2D eigenvalue weighted by molar-refractivity contribution is 7.13. The molecule has 0 unspecified atom stereocenters. The molecule has 0 aromatic carbocycles. The Hall–Kier alpha value is -2.62. The summed E-state index contributed by atoms with van der Waals surface area (Å²) >= 11 is 0.724. The van der Waals surface area contributed by atoms with Gasteiger partial charge in [-0.3, -0.25) is 9.20 Å². The Labute approximate surface area is 130 Å². The number of methoxy groups -OCH3 is 1. The molecule has 10 heteroatoms. The molecule has 3 aromatic rings. The van der Waals surface area contributed by atoms with E-state index in [0.29, 0.717) is 0 Å². The van der Waals surface area contributed by atoms with E-state index in [1.807, 2.05) is 0 Å². The number of fused-ring (bicyclic) bond motifs is 1. The Morgan fingerprint density at radius 1 is 1.35 bits per heavy atom. The number of ether oxygens (including phenoxy) is 1. The summed E-state index contributed by atoms with van der Waals surface area (Å²) < 4.78 is 45.8. The van der Waals surface area contributed by atoms with Crippen molar-refractivity contribution in [2.45, 2.75) is 6.18 Å². The summed E-state index contributed by atoms with van der Waals surface area (Å²) in [5.41, 5.74) is -3.19. The highest BCUT2D eigenvalue weighted by atomic mass is 32.1. The number of nitrogens with zero attached hydrogens (tertiary/aromatic N) is 3. The summed E-state index contributed by atoms with van der Waals surface area (Å²) in [6.07, 6.45) is -3.59. The molecule has 0 aliphatic rings. The Kier molecular flexibility index (Phi) is 3.48. The summed E-state index contributed by atoms with van der Waals surface area (Å²) in [6.45, 7) is 0. The first-order valence-electron chi connectivity index (χ1n) is 6.13. The van der Waals surface area contributed by atoms with Crippen LogP contribution in [-0.4, -0.2) is 26.6 Å². The molecule has 23 heavy (non-hydrogen) atoms. The smallest absolute Gasteiger partial charge is 0.434 e. The fourth-order valence-corrected chi connectivity index (χ4v) is 2.74. The van der Waals surface area contributed by atoms with Gasteiger partial charge in [0.25, 0.3) is 5.56 Å². The number of halogens is 3. The van der Waals surface area contributed by atoms with E-state index < -0.39 is 28.9 Å². The van der Waals surface area contributed by atoms with Crippen LogP contribution >= 0.6 is 11.3 Å². The number of pyridine rings is 1. The van der Waals surface area contributed by atoms with Crippen molar-refractivity contribution < 1.29 is 23.0 Å². The van der Waals surface area contributed by atoms with E-state index in [4.69, 9.17) is 4.74 Å². The van der Waals surface area contributed by atoms with Crippen molar-refractivity contribution in [3.63, 3.8) is 0 Å². The van der Waals surface area contributed by atoms with Gasteiger partial charge in [-0.2, -0.15) is 13.2 Å². The second-order valence-electron chi connectivity index (χ2n) is 4.44. The first-order valence-corrected chi connectivity index (χ1v) is 7.01. The van der Waals surface area contributed by atoms with E-state index in [2.05, 4.69) is 9.97 Å². The Morgan fingerprint density at radius 2 is 2.09 bits per heavy atom. The molecule has 3 rings (SSSR count). The molecular formula is C13H8F3N3O3S. The Bertz CT molecular complexity index is 949. The molecule has 0 radical (unpaired) electrons. The summed E-state index contributed by atoms with van der Waals surface area (Å²) in [5.74, 6) is -0.193. The third kappa shape index (κ3) is 2.61. The molecular weight excluding hydrogens is 335 g/mol. The number of thiazole rings is 1. The SMILES string of the molecule is COc1ccn2c(=O)c(-c3nc(O)cs3)c(C(F)(F)F)nc2c1. The van der Waals surface area contributed by atoms with E-state index in [-0.39, 0.29) is 16.4 Å². The number of hydrogen-bond acceptors (Lipinski definition) is 6. The Morgan fingerprint density at radius 3 is 2.65 bits per heavy atom. The quantitative estimate of drug-likeness (QED) is 0.774. The molecule has 0 atom stereocenters. The number of alkyl halides is 3. The van der Waals surface area contributed by atoms with Crippen molar-refractivity contribution in [1.82, 2.24) is 14.4 Å². The van der Waals surface area contributed by atoms with E-state index in [1.165, 1.54) is 25.4 Å². The highest BCUT2D eigenvalue weighted by Crippen LogP contribution is 2.36. The second-order valence-corrected chi connectivity index (χ2v) is 5.30. The molecule has 0 spiro atoms. The number of hydrogen-bond donors (Lipinski definition) is 1. The zero-order chi connectivity index (χ0) is 16.8. The molecule has 6 nitrogen and oxygen atoms in total. The number of rotatable bonds is 2. The molecule has 1 N–H and O–H groups in total. The largest absolute Gasteiger partial charge is 0.497 e. The summed E-state index contributed by atoms with van der Waals surface area (Å²) in [7, 11) is 1.35. The van der Waals surface area contributed by atoms with Crippen molar-refractivity contribution >= 4 is 17.0 Å². The maximum absolute atomic E-state index is 13.3. The number of aromatic nitrogens is 3. The predicted molar refractivity (Wildman–Crippen MR) is 75.8 cm³/mol. The van der Waals surface area contributed by atoms with Gasteiger partial charge < -0.3 is 9.84 Å². The summed E-state index contributed by atoms with van der Waals surface area (Å²) in [4.78, 5) is 19.6. The monoisotopic (exact) mass is 343 g/mol. The van der Waals surface area contributed by atoms with Gasteiger partial charge in [-0.05, 0) is 6.07 Å². The van der Waals surface area contributed by atoms with E-state index >= 15 is 0 Å². The van der Waals surface area contributed by atoms with Crippen LogP contribution in [0.1, 0.15) is 5.69 Å².